The van der Waals surface area contributed by atoms with Crippen LogP contribution >= 0.6 is 0 Å². The fourth-order valence-corrected chi connectivity index (χ4v) is 4.24. The Morgan fingerprint density at radius 3 is 2.36 bits per heavy atom. The molecule has 1 saturated heterocycles. The molecule has 2 aromatic carbocycles. The van der Waals surface area contributed by atoms with E-state index in [0.717, 1.165) is 16.7 Å². The van der Waals surface area contributed by atoms with E-state index >= 15 is 0 Å². The lowest BCUT2D eigenvalue weighted by atomic mass is 9.88. The normalized spacial score (nSPS) is 20.9. The van der Waals surface area contributed by atoms with E-state index in [1.165, 1.54) is 4.90 Å². The second kappa shape index (κ2) is 7.38. The van der Waals surface area contributed by atoms with Gasteiger partial charge in [-0.3, -0.25) is 4.90 Å². The molecule has 2 N–H and O–H groups in total. The first-order chi connectivity index (χ1) is 13.5. The van der Waals surface area contributed by atoms with Crippen LogP contribution in [0.2, 0.25) is 0 Å². The van der Waals surface area contributed by atoms with E-state index in [9.17, 15) is 19.8 Å². The summed E-state index contributed by atoms with van der Waals surface area (Å²) in [6, 6.07) is 16.5. The third-order valence-electron chi connectivity index (χ3n) is 5.50. The van der Waals surface area contributed by atoms with Gasteiger partial charge < -0.3 is 14.9 Å². The summed E-state index contributed by atoms with van der Waals surface area (Å²) in [4.78, 5) is 24.8. The highest BCUT2D eigenvalue weighted by Crippen LogP contribution is 2.43. The van der Waals surface area contributed by atoms with Crippen molar-refractivity contribution in [1.29, 1.82) is 0 Å². The molecule has 0 aliphatic carbocycles. The average Bonchev–Trinajstić information content (AvgIpc) is 3.01. The fourth-order valence-electron chi connectivity index (χ4n) is 4.24. The molecule has 2 aliphatic rings. The van der Waals surface area contributed by atoms with Crippen molar-refractivity contribution in [2.24, 2.45) is 0 Å². The number of amides is 1. The summed E-state index contributed by atoms with van der Waals surface area (Å²) in [5, 5.41) is 19.2. The number of benzene rings is 2. The fraction of sp³-hybridized carbons (Fsp3) is 0.273. The smallest absolute Gasteiger partial charge is 0.408 e. The Balaban J connectivity index is 1.57. The summed E-state index contributed by atoms with van der Waals surface area (Å²) in [5.41, 5.74) is 2.81. The van der Waals surface area contributed by atoms with Crippen molar-refractivity contribution in [2.45, 2.75) is 38.0 Å². The number of hydrogen-bond donors (Lipinski definition) is 2. The van der Waals surface area contributed by atoms with Gasteiger partial charge in [0.1, 0.15) is 12.4 Å². The molecule has 1 amide bonds. The van der Waals surface area contributed by atoms with Gasteiger partial charge >= 0.3 is 12.1 Å². The van der Waals surface area contributed by atoms with Crippen LogP contribution in [0.5, 0.6) is 5.75 Å². The molecule has 6 nitrogen and oxygen atoms in total. The molecule has 6 heteroatoms. The van der Waals surface area contributed by atoms with Crippen molar-refractivity contribution in [3.8, 4) is 5.75 Å². The van der Waals surface area contributed by atoms with Gasteiger partial charge in [-0.05, 0) is 48.1 Å². The van der Waals surface area contributed by atoms with Crippen molar-refractivity contribution in [1.82, 2.24) is 4.90 Å². The van der Waals surface area contributed by atoms with Gasteiger partial charge in [-0.25, -0.2) is 9.59 Å². The molecule has 2 bridgehead atoms. The summed E-state index contributed by atoms with van der Waals surface area (Å²) in [5.74, 6) is -0.341. The SMILES string of the molecule is O=C(O)C1=C(c2ccc(OCc3ccccc3)cc2)C[C@@H]2CC[C@H]1N2C(=O)O. The number of hydrogen-bond acceptors (Lipinski definition) is 3. The van der Waals surface area contributed by atoms with Gasteiger partial charge in [0.2, 0.25) is 0 Å². The Morgan fingerprint density at radius 2 is 1.71 bits per heavy atom. The van der Waals surface area contributed by atoms with E-state index in [4.69, 9.17) is 4.74 Å². The number of carbonyl (C=O) groups is 2. The third-order valence-corrected chi connectivity index (χ3v) is 5.50. The van der Waals surface area contributed by atoms with Gasteiger partial charge in [-0.15, -0.1) is 0 Å². The second-order valence-electron chi connectivity index (χ2n) is 7.14. The molecular weight excluding hydrogens is 358 g/mol. The molecule has 2 atom stereocenters. The summed E-state index contributed by atoms with van der Waals surface area (Å²) in [7, 11) is 0. The molecule has 1 fully saturated rings. The predicted octanol–water partition coefficient (Wildman–Crippen LogP) is 4.02. The molecule has 2 aliphatic heterocycles. The Bertz CT molecular complexity index is 920. The molecule has 144 valence electrons. The number of fused-ring (bicyclic) bond motifs is 2. The van der Waals surface area contributed by atoms with Crippen LogP contribution in [0.4, 0.5) is 4.79 Å². The number of ether oxygens (including phenoxy) is 1. The lowest BCUT2D eigenvalue weighted by Gasteiger charge is -2.34. The number of rotatable bonds is 5. The molecular formula is C22H21NO5. The highest BCUT2D eigenvalue weighted by Gasteiger charge is 2.46. The maximum Gasteiger partial charge on any atom is 0.408 e. The van der Waals surface area contributed by atoms with E-state index in [0.29, 0.717) is 31.6 Å². The molecule has 0 saturated carbocycles. The van der Waals surface area contributed by atoms with Crippen molar-refractivity contribution >= 4 is 17.6 Å². The minimum atomic E-state index is -1.05. The van der Waals surface area contributed by atoms with Crippen LogP contribution in [0.3, 0.4) is 0 Å². The molecule has 28 heavy (non-hydrogen) atoms. The van der Waals surface area contributed by atoms with Crippen LogP contribution in [-0.4, -0.2) is 39.3 Å². The van der Waals surface area contributed by atoms with Crippen LogP contribution in [0.25, 0.3) is 5.57 Å². The Labute approximate surface area is 162 Å². The minimum absolute atomic E-state index is 0.158. The monoisotopic (exact) mass is 379 g/mol. The first-order valence-corrected chi connectivity index (χ1v) is 9.29. The predicted molar refractivity (Wildman–Crippen MR) is 103 cm³/mol. The third kappa shape index (κ3) is 3.33. The van der Waals surface area contributed by atoms with Gasteiger partial charge in [0, 0.05) is 6.04 Å². The van der Waals surface area contributed by atoms with E-state index < -0.39 is 18.1 Å². The van der Waals surface area contributed by atoms with Gasteiger partial charge in [-0.1, -0.05) is 42.5 Å². The van der Waals surface area contributed by atoms with E-state index in [2.05, 4.69) is 0 Å². The summed E-state index contributed by atoms with van der Waals surface area (Å²) < 4.78 is 5.79. The standard InChI is InChI=1S/C22H21NO5/c24-21(25)20-18(12-16-8-11-19(20)23(16)22(26)27)15-6-9-17(10-7-15)28-13-14-4-2-1-3-5-14/h1-7,9-10,16,19H,8,11-13H2,(H,24,25)(H,26,27)/t16-,19+/m0/s1. The highest BCUT2D eigenvalue weighted by atomic mass is 16.5. The van der Waals surface area contributed by atoms with Gasteiger partial charge in [-0.2, -0.15) is 0 Å². The number of nitrogens with zero attached hydrogens (tertiary/aromatic N) is 1. The van der Waals surface area contributed by atoms with Crippen LogP contribution in [0.15, 0.2) is 60.2 Å². The van der Waals surface area contributed by atoms with Crippen LogP contribution in [-0.2, 0) is 11.4 Å². The first kappa shape index (κ1) is 18.1. The maximum absolute atomic E-state index is 11.9. The zero-order valence-electron chi connectivity index (χ0n) is 15.2. The zero-order chi connectivity index (χ0) is 19.7. The number of aliphatic carboxylic acids is 1. The first-order valence-electron chi connectivity index (χ1n) is 9.29. The van der Waals surface area contributed by atoms with Crippen LogP contribution < -0.4 is 4.74 Å². The van der Waals surface area contributed by atoms with Gasteiger partial charge in [0.15, 0.2) is 0 Å². The Morgan fingerprint density at radius 1 is 1.00 bits per heavy atom. The average molecular weight is 379 g/mol. The molecule has 0 spiro atoms. The zero-order valence-corrected chi connectivity index (χ0v) is 15.2. The van der Waals surface area contributed by atoms with Crippen molar-refractivity contribution in [2.75, 3.05) is 0 Å². The van der Waals surface area contributed by atoms with Crippen LogP contribution in [0, 0.1) is 0 Å². The van der Waals surface area contributed by atoms with Crippen molar-refractivity contribution < 1.29 is 24.5 Å². The van der Waals surface area contributed by atoms with Gasteiger partial charge in [0.25, 0.3) is 0 Å². The van der Waals surface area contributed by atoms with Gasteiger partial charge in [0.05, 0.1) is 11.6 Å². The quantitative estimate of drug-likeness (QED) is 0.819. The summed E-state index contributed by atoms with van der Waals surface area (Å²) in [6.45, 7) is 0.459. The minimum Gasteiger partial charge on any atom is -0.489 e. The number of carboxylic acids is 1. The molecule has 4 rings (SSSR count). The summed E-state index contributed by atoms with van der Waals surface area (Å²) in [6.07, 6.45) is 0.625. The molecule has 2 aromatic rings. The van der Waals surface area contributed by atoms with Crippen molar-refractivity contribution in [3.05, 3.63) is 71.3 Å². The summed E-state index contributed by atoms with van der Waals surface area (Å²) >= 11 is 0. The maximum atomic E-state index is 11.9. The molecule has 2 heterocycles. The largest absolute Gasteiger partial charge is 0.489 e. The molecule has 0 unspecified atom stereocenters. The lowest BCUT2D eigenvalue weighted by Crippen LogP contribution is -2.45. The van der Waals surface area contributed by atoms with E-state index in [-0.39, 0.29) is 11.6 Å². The Hall–Kier alpha value is -3.28. The molecule has 0 aromatic heterocycles. The Kier molecular flexibility index (Phi) is 4.77. The lowest BCUT2D eigenvalue weighted by molar-refractivity contribution is -0.133. The van der Waals surface area contributed by atoms with E-state index in [1.54, 1.807) is 0 Å². The second-order valence-corrected chi connectivity index (χ2v) is 7.14. The van der Waals surface area contributed by atoms with E-state index in [1.807, 2.05) is 54.6 Å². The topological polar surface area (TPSA) is 87.1 Å². The molecule has 0 radical (unpaired) electrons. The highest BCUT2D eigenvalue weighted by molar-refractivity contribution is 5.99. The number of carboxylic acid groups (broad SMARTS) is 2. The van der Waals surface area contributed by atoms with Crippen molar-refractivity contribution in [3.63, 3.8) is 0 Å². The van der Waals surface area contributed by atoms with Crippen LogP contribution in [0.1, 0.15) is 30.4 Å².